The Morgan fingerprint density at radius 3 is 2.71 bits per heavy atom. The topological polar surface area (TPSA) is 63.6 Å². The van der Waals surface area contributed by atoms with E-state index in [9.17, 15) is 14.0 Å². The lowest BCUT2D eigenvalue weighted by molar-refractivity contribution is -0.136. The number of carbonyl (C=O) groups is 2. The largest absolute Gasteiger partial charge is 0.481 e. The monoisotopic (exact) mass is 238 g/mol. The van der Waals surface area contributed by atoms with Crippen molar-refractivity contribution < 1.29 is 23.8 Å². The van der Waals surface area contributed by atoms with Gasteiger partial charge in [-0.3, -0.25) is 4.79 Å². The molecule has 0 unspecified atom stereocenters. The number of halogens is 1. The Hall–Kier alpha value is -2.17. The lowest BCUT2D eigenvalue weighted by Crippen LogP contribution is -2.02. The molecule has 0 atom stereocenters. The van der Waals surface area contributed by atoms with E-state index in [4.69, 9.17) is 5.11 Å². The Bertz CT molecular complexity index is 466. The highest BCUT2D eigenvalue weighted by molar-refractivity contribution is 5.86. The second-order valence-corrected chi connectivity index (χ2v) is 3.28. The van der Waals surface area contributed by atoms with Gasteiger partial charge in [0.1, 0.15) is 5.82 Å². The maximum absolute atomic E-state index is 13.4. The number of esters is 1. The number of ether oxygens (including phenoxy) is 1. The number of carboxylic acids is 1. The fraction of sp³-hybridized carbons (Fsp3) is 0.167. The number of hydrogen-bond acceptors (Lipinski definition) is 3. The number of carboxylic acid groups (broad SMARTS) is 1. The summed E-state index contributed by atoms with van der Waals surface area (Å²) in [7, 11) is 1.24. The molecule has 0 fully saturated rings. The third-order valence-corrected chi connectivity index (χ3v) is 2.03. The number of carbonyl (C=O) groups excluding carboxylic acids is 1. The molecule has 17 heavy (non-hydrogen) atoms. The lowest BCUT2D eigenvalue weighted by Gasteiger charge is -2.01. The van der Waals surface area contributed by atoms with Crippen LogP contribution in [-0.2, 0) is 20.7 Å². The molecule has 0 aliphatic rings. The maximum Gasteiger partial charge on any atom is 0.330 e. The summed E-state index contributed by atoms with van der Waals surface area (Å²) in [6, 6.07) is 4.07. The first kappa shape index (κ1) is 12.9. The van der Waals surface area contributed by atoms with Crippen LogP contribution in [0.3, 0.4) is 0 Å². The summed E-state index contributed by atoms with van der Waals surface area (Å²) in [4.78, 5) is 21.2. The van der Waals surface area contributed by atoms with Gasteiger partial charge in [-0.05, 0) is 23.3 Å². The number of benzene rings is 1. The number of methoxy groups -OCH3 is 1. The molecule has 1 N–H and O–H groups in total. The first-order chi connectivity index (χ1) is 8.02. The predicted octanol–water partition coefficient (Wildman–Crippen LogP) is 1.64. The molecular formula is C12H11FO4. The normalized spacial score (nSPS) is 10.5. The van der Waals surface area contributed by atoms with Crippen molar-refractivity contribution in [1.29, 1.82) is 0 Å². The second-order valence-electron chi connectivity index (χ2n) is 3.28. The van der Waals surface area contributed by atoms with Crippen molar-refractivity contribution in [1.82, 2.24) is 0 Å². The van der Waals surface area contributed by atoms with E-state index in [1.807, 2.05) is 0 Å². The Labute approximate surface area is 97.3 Å². The molecule has 0 bridgehead atoms. The molecule has 0 saturated heterocycles. The summed E-state index contributed by atoms with van der Waals surface area (Å²) >= 11 is 0. The van der Waals surface area contributed by atoms with Crippen molar-refractivity contribution in [3.63, 3.8) is 0 Å². The maximum atomic E-state index is 13.4. The number of aliphatic carboxylic acids is 1. The van der Waals surface area contributed by atoms with E-state index in [1.165, 1.54) is 25.3 Å². The summed E-state index contributed by atoms with van der Waals surface area (Å²) in [5.74, 6) is -2.25. The molecule has 0 aliphatic carbocycles. The van der Waals surface area contributed by atoms with E-state index < -0.39 is 17.8 Å². The number of hydrogen-bond donors (Lipinski definition) is 1. The Morgan fingerprint density at radius 1 is 1.47 bits per heavy atom. The summed E-state index contributed by atoms with van der Waals surface area (Å²) in [6.07, 6.45) is 2.18. The molecule has 5 heteroatoms. The smallest absolute Gasteiger partial charge is 0.330 e. The average Bonchev–Trinajstić information content (AvgIpc) is 2.28. The molecule has 0 aromatic heterocycles. The Morgan fingerprint density at radius 2 is 2.18 bits per heavy atom. The van der Waals surface area contributed by atoms with Crippen LogP contribution < -0.4 is 0 Å². The van der Waals surface area contributed by atoms with Crippen molar-refractivity contribution in [3.8, 4) is 0 Å². The molecule has 0 aliphatic heterocycles. The third-order valence-electron chi connectivity index (χ3n) is 2.03. The minimum Gasteiger partial charge on any atom is -0.481 e. The predicted molar refractivity (Wildman–Crippen MR) is 58.8 cm³/mol. The third kappa shape index (κ3) is 4.06. The molecule has 90 valence electrons. The van der Waals surface area contributed by atoms with Crippen LogP contribution in [0.1, 0.15) is 11.1 Å². The first-order valence-corrected chi connectivity index (χ1v) is 4.79. The minimum atomic E-state index is -1.10. The van der Waals surface area contributed by atoms with Gasteiger partial charge in [-0.25, -0.2) is 9.18 Å². The molecule has 0 saturated carbocycles. The number of rotatable bonds is 4. The molecule has 4 nitrogen and oxygen atoms in total. The fourth-order valence-corrected chi connectivity index (χ4v) is 1.21. The van der Waals surface area contributed by atoms with E-state index in [-0.39, 0.29) is 12.0 Å². The minimum absolute atomic E-state index is 0.104. The van der Waals surface area contributed by atoms with Gasteiger partial charge in [-0.2, -0.15) is 0 Å². The van der Waals surface area contributed by atoms with Crippen molar-refractivity contribution in [2.24, 2.45) is 0 Å². The lowest BCUT2D eigenvalue weighted by atomic mass is 10.1. The summed E-state index contributed by atoms with van der Waals surface area (Å²) in [5.41, 5.74) is 0.565. The van der Waals surface area contributed by atoms with E-state index in [0.717, 1.165) is 12.1 Å². The van der Waals surface area contributed by atoms with Crippen LogP contribution >= 0.6 is 0 Å². The molecule has 0 radical (unpaired) electrons. The summed E-state index contributed by atoms with van der Waals surface area (Å²) < 4.78 is 17.8. The average molecular weight is 238 g/mol. The van der Waals surface area contributed by atoms with Crippen molar-refractivity contribution >= 4 is 18.0 Å². The van der Waals surface area contributed by atoms with Gasteiger partial charge in [0, 0.05) is 6.08 Å². The molecule has 1 rings (SSSR count). The van der Waals surface area contributed by atoms with Crippen LogP contribution in [0.5, 0.6) is 0 Å². The van der Waals surface area contributed by atoms with Gasteiger partial charge in [0.25, 0.3) is 0 Å². The van der Waals surface area contributed by atoms with Crippen molar-refractivity contribution in [3.05, 3.63) is 41.2 Å². The zero-order chi connectivity index (χ0) is 12.8. The quantitative estimate of drug-likeness (QED) is 0.639. The van der Waals surface area contributed by atoms with Crippen LogP contribution in [0.25, 0.3) is 6.08 Å². The zero-order valence-electron chi connectivity index (χ0n) is 9.14. The fourth-order valence-electron chi connectivity index (χ4n) is 1.21. The molecular weight excluding hydrogens is 227 g/mol. The van der Waals surface area contributed by atoms with Crippen LogP contribution in [0.4, 0.5) is 4.39 Å². The summed E-state index contributed by atoms with van der Waals surface area (Å²) in [6.45, 7) is 0. The van der Waals surface area contributed by atoms with Gasteiger partial charge >= 0.3 is 11.9 Å². The van der Waals surface area contributed by atoms with Crippen LogP contribution in [0.15, 0.2) is 24.3 Å². The van der Waals surface area contributed by atoms with E-state index >= 15 is 0 Å². The highest BCUT2D eigenvalue weighted by Crippen LogP contribution is 2.12. The SMILES string of the molecule is COC(=O)C=Cc1ccc(CC(=O)O)c(F)c1. The zero-order valence-corrected chi connectivity index (χ0v) is 9.14. The van der Waals surface area contributed by atoms with Crippen molar-refractivity contribution in [2.75, 3.05) is 7.11 Å². The van der Waals surface area contributed by atoms with Gasteiger partial charge < -0.3 is 9.84 Å². The second kappa shape index (κ2) is 5.79. The van der Waals surface area contributed by atoms with Gasteiger partial charge in [0.05, 0.1) is 13.5 Å². The Kier molecular flexibility index (Phi) is 4.39. The van der Waals surface area contributed by atoms with E-state index in [2.05, 4.69) is 4.74 Å². The van der Waals surface area contributed by atoms with Gasteiger partial charge in [0.2, 0.25) is 0 Å². The highest BCUT2D eigenvalue weighted by atomic mass is 19.1. The Balaban J connectivity index is 2.85. The molecule has 0 spiro atoms. The highest BCUT2D eigenvalue weighted by Gasteiger charge is 2.06. The molecule has 0 heterocycles. The van der Waals surface area contributed by atoms with Crippen LogP contribution in [0.2, 0.25) is 0 Å². The van der Waals surface area contributed by atoms with E-state index in [0.29, 0.717) is 5.56 Å². The molecule has 1 aromatic carbocycles. The van der Waals surface area contributed by atoms with Crippen molar-refractivity contribution in [2.45, 2.75) is 6.42 Å². The van der Waals surface area contributed by atoms with Gasteiger partial charge in [-0.15, -0.1) is 0 Å². The molecule has 1 aromatic rings. The van der Waals surface area contributed by atoms with Gasteiger partial charge in [-0.1, -0.05) is 12.1 Å². The van der Waals surface area contributed by atoms with E-state index in [1.54, 1.807) is 0 Å². The van der Waals surface area contributed by atoms with Crippen LogP contribution in [-0.4, -0.2) is 24.2 Å². The standard InChI is InChI=1S/C12H11FO4/c1-17-12(16)5-3-8-2-4-9(7-11(14)15)10(13)6-8/h2-6H,7H2,1H3,(H,14,15). The molecule has 0 amide bonds. The summed E-state index contributed by atoms with van der Waals surface area (Å²) in [5, 5.41) is 8.53. The van der Waals surface area contributed by atoms with Gasteiger partial charge in [0.15, 0.2) is 0 Å². The first-order valence-electron chi connectivity index (χ1n) is 4.79. The van der Waals surface area contributed by atoms with Crippen LogP contribution in [0, 0.1) is 5.82 Å².